The molecule has 6 heteroatoms. The van der Waals surface area contributed by atoms with E-state index in [1.807, 2.05) is 20.8 Å². The van der Waals surface area contributed by atoms with Crippen LogP contribution in [0.4, 0.5) is 4.79 Å². The largest absolute Gasteiger partial charge is 0.481 e. The molecule has 0 aromatic rings. The first-order valence-electron chi connectivity index (χ1n) is 6.11. The summed E-state index contributed by atoms with van der Waals surface area (Å²) in [5, 5.41) is 19.9. The zero-order valence-corrected chi connectivity index (χ0v) is 11.4. The minimum absolute atomic E-state index is 0.0308. The van der Waals surface area contributed by atoms with Gasteiger partial charge in [-0.05, 0) is 11.8 Å². The standard InChI is InChI=1S/C12H24N2O4/c1-12(2,3)9-14(7-4-8-15)11(18)13-6-5-10(16)17/h15H,4-9H2,1-3H3,(H,13,18)(H,16,17). The summed E-state index contributed by atoms with van der Waals surface area (Å²) in [4.78, 5) is 23.8. The van der Waals surface area contributed by atoms with Gasteiger partial charge in [0.2, 0.25) is 0 Å². The molecular weight excluding hydrogens is 236 g/mol. The molecule has 0 fully saturated rings. The lowest BCUT2D eigenvalue weighted by molar-refractivity contribution is -0.136. The van der Waals surface area contributed by atoms with Crippen LogP contribution in [0.25, 0.3) is 0 Å². The highest BCUT2D eigenvalue weighted by Gasteiger charge is 2.20. The predicted molar refractivity (Wildman–Crippen MR) is 68.4 cm³/mol. The van der Waals surface area contributed by atoms with Crippen LogP contribution in [0.2, 0.25) is 0 Å². The number of hydrogen-bond acceptors (Lipinski definition) is 3. The molecule has 0 saturated heterocycles. The van der Waals surface area contributed by atoms with Gasteiger partial charge in [0.05, 0.1) is 6.42 Å². The van der Waals surface area contributed by atoms with E-state index in [9.17, 15) is 9.59 Å². The van der Waals surface area contributed by atoms with Crippen molar-refractivity contribution in [2.75, 3.05) is 26.2 Å². The number of nitrogens with one attached hydrogen (secondary N) is 1. The molecule has 0 aliphatic carbocycles. The summed E-state index contributed by atoms with van der Waals surface area (Å²) in [5.74, 6) is -0.937. The average molecular weight is 260 g/mol. The lowest BCUT2D eigenvalue weighted by atomic mass is 9.96. The summed E-state index contributed by atoms with van der Waals surface area (Å²) >= 11 is 0. The summed E-state index contributed by atoms with van der Waals surface area (Å²) in [5.41, 5.74) is -0.0421. The fourth-order valence-electron chi connectivity index (χ4n) is 1.47. The molecule has 0 aromatic heterocycles. The third-order valence-electron chi connectivity index (χ3n) is 2.15. The van der Waals surface area contributed by atoms with Crippen LogP contribution in [0.5, 0.6) is 0 Å². The smallest absolute Gasteiger partial charge is 0.317 e. The molecule has 3 N–H and O–H groups in total. The zero-order chi connectivity index (χ0) is 14.2. The van der Waals surface area contributed by atoms with E-state index < -0.39 is 5.97 Å². The van der Waals surface area contributed by atoms with Gasteiger partial charge in [-0.25, -0.2) is 4.79 Å². The summed E-state index contributed by atoms with van der Waals surface area (Å²) in [6.07, 6.45) is 0.428. The number of hydrogen-bond donors (Lipinski definition) is 3. The molecule has 0 aliphatic heterocycles. The van der Waals surface area contributed by atoms with Crippen molar-refractivity contribution in [3.05, 3.63) is 0 Å². The maximum Gasteiger partial charge on any atom is 0.317 e. The summed E-state index contributed by atoms with van der Waals surface area (Å²) in [6, 6.07) is -0.278. The van der Waals surface area contributed by atoms with E-state index >= 15 is 0 Å². The summed E-state index contributed by atoms with van der Waals surface area (Å²) < 4.78 is 0. The summed E-state index contributed by atoms with van der Waals surface area (Å²) in [6.45, 7) is 7.23. The Kier molecular flexibility index (Phi) is 7.35. The van der Waals surface area contributed by atoms with E-state index in [4.69, 9.17) is 10.2 Å². The first-order chi connectivity index (χ1) is 8.26. The number of carbonyl (C=O) groups is 2. The molecule has 18 heavy (non-hydrogen) atoms. The second-order valence-corrected chi connectivity index (χ2v) is 5.44. The SMILES string of the molecule is CC(C)(C)CN(CCCO)C(=O)NCCC(=O)O. The highest BCUT2D eigenvalue weighted by atomic mass is 16.4. The van der Waals surface area contributed by atoms with Crippen molar-refractivity contribution in [3.8, 4) is 0 Å². The highest BCUT2D eigenvalue weighted by molar-refractivity contribution is 5.75. The number of nitrogens with zero attached hydrogens (tertiary/aromatic N) is 1. The number of aliphatic hydroxyl groups excluding tert-OH is 1. The Balaban J connectivity index is 4.26. The molecule has 0 radical (unpaired) electrons. The number of rotatable bonds is 7. The Labute approximate surface area is 108 Å². The van der Waals surface area contributed by atoms with Crippen molar-refractivity contribution in [1.82, 2.24) is 10.2 Å². The van der Waals surface area contributed by atoms with E-state index in [1.165, 1.54) is 0 Å². The van der Waals surface area contributed by atoms with Crippen molar-refractivity contribution in [2.45, 2.75) is 33.6 Å². The van der Waals surface area contributed by atoms with Crippen LogP contribution >= 0.6 is 0 Å². The Morgan fingerprint density at radius 3 is 2.33 bits per heavy atom. The van der Waals surface area contributed by atoms with Crippen LogP contribution in [0.1, 0.15) is 33.6 Å². The minimum Gasteiger partial charge on any atom is -0.481 e. The number of carbonyl (C=O) groups excluding carboxylic acids is 1. The second kappa shape index (κ2) is 7.92. The van der Waals surface area contributed by atoms with E-state index in [1.54, 1.807) is 4.90 Å². The van der Waals surface area contributed by atoms with Crippen LogP contribution in [0.15, 0.2) is 0 Å². The topological polar surface area (TPSA) is 89.9 Å². The number of aliphatic carboxylic acids is 1. The minimum atomic E-state index is -0.937. The molecule has 0 aliphatic rings. The van der Waals surface area contributed by atoms with Crippen molar-refractivity contribution in [2.24, 2.45) is 5.41 Å². The van der Waals surface area contributed by atoms with Gasteiger partial charge in [0.25, 0.3) is 0 Å². The normalized spacial score (nSPS) is 11.1. The molecule has 0 atom stereocenters. The second-order valence-electron chi connectivity index (χ2n) is 5.44. The molecule has 0 bridgehead atoms. The molecule has 0 rings (SSSR count). The molecule has 0 saturated carbocycles. The quantitative estimate of drug-likeness (QED) is 0.634. The number of urea groups is 1. The Bertz CT molecular complexity index is 274. The molecular formula is C12H24N2O4. The van der Waals surface area contributed by atoms with E-state index in [0.29, 0.717) is 19.5 Å². The molecule has 0 heterocycles. The van der Waals surface area contributed by atoms with Gasteiger partial charge in [-0.2, -0.15) is 0 Å². The van der Waals surface area contributed by atoms with Gasteiger partial charge >= 0.3 is 12.0 Å². The first kappa shape index (κ1) is 16.7. The van der Waals surface area contributed by atoms with E-state index in [2.05, 4.69) is 5.32 Å². The molecule has 6 nitrogen and oxygen atoms in total. The number of carboxylic acids is 1. The number of aliphatic hydroxyl groups is 1. The van der Waals surface area contributed by atoms with Gasteiger partial charge in [-0.3, -0.25) is 4.79 Å². The number of carboxylic acid groups (broad SMARTS) is 1. The monoisotopic (exact) mass is 260 g/mol. The van der Waals surface area contributed by atoms with Gasteiger partial charge in [0.15, 0.2) is 0 Å². The van der Waals surface area contributed by atoms with E-state index in [-0.39, 0.29) is 31.0 Å². The van der Waals surface area contributed by atoms with Crippen LogP contribution in [-0.4, -0.2) is 53.4 Å². The predicted octanol–water partition coefficient (Wildman–Crippen LogP) is 0.901. The van der Waals surface area contributed by atoms with Gasteiger partial charge < -0.3 is 20.4 Å². The Hall–Kier alpha value is -1.30. The van der Waals surface area contributed by atoms with Gasteiger partial charge in [-0.1, -0.05) is 20.8 Å². The molecule has 106 valence electrons. The van der Waals surface area contributed by atoms with Crippen molar-refractivity contribution < 1.29 is 19.8 Å². The number of amides is 2. The van der Waals surface area contributed by atoms with Gasteiger partial charge in [0, 0.05) is 26.2 Å². The van der Waals surface area contributed by atoms with Crippen LogP contribution in [-0.2, 0) is 4.79 Å². The molecule has 0 aromatic carbocycles. The Morgan fingerprint density at radius 2 is 1.89 bits per heavy atom. The maximum absolute atomic E-state index is 11.8. The third kappa shape index (κ3) is 8.81. The van der Waals surface area contributed by atoms with E-state index in [0.717, 1.165) is 0 Å². The molecule has 0 spiro atoms. The van der Waals surface area contributed by atoms with Crippen LogP contribution < -0.4 is 5.32 Å². The van der Waals surface area contributed by atoms with Crippen LogP contribution in [0.3, 0.4) is 0 Å². The van der Waals surface area contributed by atoms with Crippen molar-refractivity contribution in [3.63, 3.8) is 0 Å². The molecule has 0 unspecified atom stereocenters. The van der Waals surface area contributed by atoms with Gasteiger partial charge in [-0.15, -0.1) is 0 Å². The highest BCUT2D eigenvalue weighted by Crippen LogP contribution is 2.15. The van der Waals surface area contributed by atoms with Crippen molar-refractivity contribution >= 4 is 12.0 Å². The zero-order valence-electron chi connectivity index (χ0n) is 11.4. The molecule has 2 amide bonds. The summed E-state index contributed by atoms with van der Waals surface area (Å²) in [7, 11) is 0. The van der Waals surface area contributed by atoms with Crippen molar-refractivity contribution in [1.29, 1.82) is 0 Å². The lowest BCUT2D eigenvalue weighted by Gasteiger charge is -2.30. The van der Waals surface area contributed by atoms with Crippen LogP contribution in [0, 0.1) is 5.41 Å². The fraction of sp³-hybridized carbons (Fsp3) is 0.833. The third-order valence-corrected chi connectivity index (χ3v) is 2.15. The maximum atomic E-state index is 11.8. The Morgan fingerprint density at radius 1 is 1.28 bits per heavy atom. The lowest BCUT2D eigenvalue weighted by Crippen LogP contribution is -2.45. The fourth-order valence-corrected chi connectivity index (χ4v) is 1.47. The average Bonchev–Trinajstić information content (AvgIpc) is 2.21. The first-order valence-corrected chi connectivity index (χ1v) is 6.11. The van der Waals surface area contributed by atoms with Gasteiger partial charge in [0.1, 0.15) is 0 Å².